The molecule has 0 radical (unpaired) electrons. The Bertz CT molecular complexity index is 1100. The van der Waals surface area contributed by atoms with E-state index in [9.17, 15) is 15.2 Å². The molecule has 0 atom stereocenters. The van der Waals surface area contributed by atoms with Crippen LogP contribution in [0.5, 0.6) is 5.75 Å². The van der Waals surface area contributed by atoms with Crippen LogP contribution in [-0.2, 0) is 0 Å². The average molecular weight is 420 g/mol. The third kappa shape index (κ3) is 5.01. The van der Waals surface area contributed by atoms with Crippen LogP contribution < -0.4 is 15.6 Å². The lowest BCUT2D eigenvalue weighted by molar-refractivity contribution is -0.385. The molecule has 2 aromatic carbocycles. The molecule has 1 aromatic heterocycles. The highest BCUT2D eigenvalue weighted by Crippen LogP contribution is 2.25. The number of anilines is 4. The lowest BCUT2D eigenvalue weighted by atomic mass is 10.2. The second kappa shape index (κ2) is 9.03. The molecule has 158 valence electrons. The number of nitrogens with zero attached hydrogens (tertiary/aromatic N) is 6. The van der Waals surface area contributed by atoms with Crippen LogP contribution in [-0.4, -0.2) is 44.3 Å². The summed E-state index contributed by atoms with van der Waals surface area (Å²) in [6.07, 6.45) is 3.54. The van der Waals surface area contributed by atoms with Crippen LogP contribution in [0.1, 0.15) is 18.4 Å². The summed E-state index contributed by atoms with van der Waals surface area (Å²) in [6, 6.07) is 13.5. The van der Waals surface area contributed by atoms with Crippen LogP contribution >= 0.6 is 0 Å². The summed E-state index contributed by atoms with van der Waals surface area (Å²) in [5, 5.41) is 27.8. The number of rotatable bonds is 7. The van der Waals surface area contributed by atoms with Crippen LogP contribution in [0.15, 0.2) is 53.6 Å². The maximum Gasteiger partial charge on any atom is 0.311 e. The summed E-state index contributed by atoms with van der Waals surface area (Å²) in [5.74, 6) is 0.754. The Hall–Kier alpha value is -4.28. The lowest BCUT2D eigenvalue weighted by Gasteiger charge is -2.16. The first-order valence-electron chi connectivity index (χ1n) is 9.68. The second-order valence-electron chi connectivity index (χ2n) is 6.84. The maximum absolute atomic E-state index is 11.0. The van der Waals surface area contributed by atoms with Gasteiger partial charge in [0, 0.05) is 30.4 Å². The zero-order chi connectivity index (χ0) is 21.6. The summed E-state index contributed by atoms with van der Waals surface area (Å²) in [4.78, 5) is 25.7. The molecule has 4 rings (SSSR count). The molecule has 0 bridgehead atoms. The monoisotopic (exact) mass is 420 g/mol. The topological polar surface area (TPSA) is 142 Å². The number of nitro benzene ring substituents is 1. The molecule has 1 fully saturated rings. The van der Waals surface area contributed by atoms with E-state index in [1.54, 1.807) is 0 Å². The summed E-state index contributed by atoms with van der Waals surface area (Å²) < 4.78 is 0. The van der Waals surface area contributed by atoms with Crippen molar-refractivity contribution in [1.29, 1.82) is 0 Å². The standard InChI is InChI=1S/C20H20N8O3/c29-17-9-8-14(12-16(17)28(30)31)13-21-26-19-23-18(22-15-6-2-1-3-7-15)24-20(25-19)27-10-4-5-11-27/h1-3,6-9,12-13,29H,4-5,10-11H2,(H2,22,23,24,25,26)/b21-13-. The predicted molar refractivity (Wildman–Crippen MR) is 117 cm³/mol. The van der Waals surface area contributed by atoms with Crippen molar-refractivity contribution < 1.29 is 10.0 Å². The number of para-hydroxylation sites is 1. The Balaban J connectivity index is 1.56. The fourth-order valence-electron chi connectivity index (χ4n) is 3.11. The van der Waals surface area contributed by atoms with Crippen molar-refractivity contribution in [3.63, 3.8) is 0 Å². The van der Waals surface area contributed by atoms with E-state index in [1.807, 2.05) is 30.3 Å². The number of benzene rings is 2. The summed E-state index contributed by atoms with van der Waals surface area (Å²) in [7, 11) is 0. The molecule has 1 aliphatic heterocycles. The van der Waals surface area contributed by atoms with Crippen molar-refractivity contribution in [3.8, 4) is 5.75 Å². The molecule has 0 aliphatic carbocycles. The maximum atomic E-state index is 11.0. The van der Waals surface area contributed by atoms with Gasteiger partial charge in [-0.3, -0.25) is 10.1 Å². The predicted octanol–water partition coefficient (Wildman–Crippen LogP) is 3.28. The zero-order valence-electron chi connectivity index (χ0n) is 16.5. The van der Waals surface area contributed by atoms with Gasteiger partial charge in [-0.25, -0.2) is 5.43 Å². The van der Waals surface area contributed by atoms with Gasteiger partial charge in [-0.15, -0.1) is 0 Å². The van der Waals surface area contributed by atoms with E-state index in [1.165, 1.54) is 24.4 Å². The van der Waals surface area contributed by atoms with E-state index in [2.05, 4.69) is 35.7 Å². The number of hydrogen-bond donors (Lipinski definition) is 3. The van der Waals surface area contributed by atoms with Crippen LogP contribution in [0.4, 0.5) is 29.2 Å². The number of aromatic nitrogens is 3. The number of nitrogens with one attached hydrogen (secondary N) is 2. The van der Waals surface area contributed by atoms with Gasteiger partial charge < -0.3 is 15.3 Å². The van der Waals surface area contributed by atoms with Crippen molar-refractivity contribution in [2.75, 3.05) is 28.7 Å². The molecule has 1 saturated heterocycles. The van der Waals surface area contributed by atoms with Gasteiger partial charge in [-0.2, -0.15) is 20.1 Å². The van der Waals surface area contributed by atoms with Gasteiger partial charge in [0.1, 0.15) is 0 Å². The lowest BCUT2D eigenvalue weighted by Crippen LogP contribution is -2.21. The summed E-state index contributed by atoms with van der Waals surface area (Å²) >= 11 is 0. The van der Waals surface area contributed by atoms with Crippen LogP contribution in [0.2, 0.25) is 0 Å². The first-order valence-corrected chi connectivity index (χ1v) is 9.68. The number of hydrogen-bond acceptors (Lipinski definition) is 10. The van der Waals surface area contributed by atoms with Crippen molar-refractivity contribution in [2.45, 2.75) is 12.8 Å². The van der Waals surface area contributed by atoms with Gasteiger partial charge in [-0.1, -0.05) is 18.2 Å². The third-order valence-electron chi connectivity index (χ3n) is 4.62. The molecule has 3 aromatic rings. The minimum absolute atomic E-state index is 0.236. The Morgan fingerprint density at radius 2 is 1.81 bits per heavy atom. The van der Waals surface area contributed by atoms with Crippen molar-refractivity contribution in [2.24, 2.45) is 5.10 Å². The minimum Gasteiger partial charge on any atom is -0.502 e. The zero-order valence-corrected chi connectivity index (χ0v) is 16.5. The molecule has 11 heteroatoms. The fraction of sp³-hybridized carbons (Fsp3) is 0.200. The first kappa shape index (κ1) is 20.0. The number of phenolic OH excluding ortho intramolecular Hbond substituents is 1. The Labute approximate surface area is 177 Å². The molecule has 0 unspecified atom stereocenters. The van der Waals surface area contributed by atoms with Gasteiger partial charge >= 0.3 is 5.69 Å². The number of phenols is 1. The number of aromatic hydroxyl groups is 1. The highest BCUT2D eigenvalue weighted by molar-refractivity contribution is 5.82. The van der Waals surface area contributed by atoms with E-state index in [0.29, 0.717) is 17.5 Å². The normalized spacial score (nSPS) is 13.5. The van der Waals surface area contributed by atoms with Crippen molar-refractivity contribution in [3.05, 3.63) is 64.2 Å². The first-order chi connectivity index (χ1) is 15.1. The second-order valence-corrected chi connectivity index (χ2v) is 6.84. The van der Waals surface area contributed by atoms with E-state index >= 15 is 0 Å². The molecule has 3 N–H and O–H groups in total. The van der Waals surface area contributed by atoms with Crippen molar-refractivity contribution >= 4 is 35.4 Å². The quantitative estimate of drug-likeness (QED) is 0.298. The van der Waals surface area contributed by atoms with Gasteiger partial charge in [0.2, 0.25) is 17.8 Å². The molecule has 31 heavy (non-hydrogen) atoms. The van der Waals surface area contributed by atoms with Gasteiger partial charge in [0.25, 0.3) is 0 Å². The highest BCUT2D eigenvalue weighted by atomic mass is 16.6. The fourth-order valence-corrected chi connectivity index (χ4v) is 3.11. The van der Waals surface area contributed by atoms with Crippen LogP contribution in [0.25, 0.3) is 0 Å². The number of nitro groups is 1. The largest absolute Gasteiger partial charge is 0.502 e. The molecule has 1 aliphatic rings. The molecular weight excluding hydrogens is 400 g/mol. The summed E-state index contributed by atoms with van der Waals surface area (Å²) in [5.41, 5.74) is 3.64. The summed E-state index contributed by atoms with van der Waals surface area (Å²) in [6.45, 7) is 1.74. The Kier molecular flexibility index (Phi) is 5.83. The van der Waals surface area contributed by atoms with E-state index in [-0.39, 0.29) is 5.95 Å². The molecule has 2 heterocycles. The molecule has 0 amide bonds. The highest BCUT2D eigenvalue weighted by Gasteiger charge is 2.17. The van der Waals surface area contributed by atoms with Crippen LogP contribution in [0.3, 0.4) is 0 Å². The molecule has 11 nitrogen and oxygen atoms in total. The van der Waals surface area contributed by atoms with Gasteiger partial charge in [-0.05, 0) is 37.1 Å². The average Bonchev–Trinajstić information content (AvgIpc) is 3.30. The van der Waals surface area contributed by atoms with Gasteiger partial charge in [0.05, 0.1) is 11.1 Å². The van der Waals surface area contributed by atoms with E-state index in [4.69, 9.17) is 0 Å². The Morgan fingerprint density at radius 1 is 1.06 bits per heavy atom. The van der Waals surface area contributed by atoms with E-state index in [0.717, 1.165) is 31.6 Å². The Morgan fingerprint density at radius 3 is 2.55 bits per heavy atom. The SMILES string of the molecule is O=[N+]([O-])c1cc(/C=N\Nc2nc(Nc3ccccc3)nc(N3CCCC3)n2)ccc1O. The van der Waals surface area contributed by atoms with E-state index < -0.39 is 16.4 Å². The van der Waals surface area contributed by atoms with Gasteiger partial charge in [0.15, 0.2) is 5.75 Å². The van der Waals surface area contributed by atoms with Crippen LogP contribution in [0, 0.1) is 10.1 Å². The third-order valence-corrected chi connectivity index (χ3v) is 4.62. The smallest absolute Gasteiger partial charge is 0.311 e. The molecular formula is C20H20N8O3. The van der Waals surface area contributed by atoms with Crippen molar-refractivity contribution in [1.82, 2.24) is 15.0 Å². The minimum atomic E-state index is -0.657. The molecule has 0 spiro atoms. The number of hydrazone groups is 1. The molecule has 0 saturated carbocycles.